The van der Waals surface area contributed by atoms with E-state index < -0.39 is 18.7 Å². The number of rotatable bonds is 8. The lowest BCUT2D eigenvalue weighted by Gasteiger charge is -2.65. The molecule has 0 saturated heterocycles. The third-order valence-corrected chi connectivity index (χ3v) is 18.2. The highest BCUT2D eigenvalue weighted by Crippen LogP contribution is 2.69. The maximum Gasteiger partial charge on any atom is 0.397 e. The molecule has 4 unspecified atom stereocenters. The molecule has 4 rings (SSSR count). The molecular weight excluding hydrogens is 528 g/mol. The normalized spacial score (nSPS) is 43.9. The Hall–Kier alpha value is 0.00688. The molecule has 0 radical (unpaired) electrons. The van der Waals surface area contributed by atoms with Crippen molar-refractivity contribution in [3.05, 3.63) is 0 Å². The van der Waals surface area contributed by atoms with Crippen molar-refractivity contribution in [2.24, 2.45) is 52.3 Å². The van der Waals surface area contributed by atoms with Gasteiger partial charge in [-0.2, -0.15) is 8.42 Å². The fourth-order valence-electron chi connectivity index (χ4n) is 10.2. The van der Waals surface area contributed by atoms with Crippen LogP contribution in [-0.2, 0) is 19.0 Å². The molecular formula is C31H58O6SSi. The molecule has 11 atom stereocenters. The lowest BCUT2D eigenvalue weighted by atomic mass is 9.41. The molecule has 4 fully saturated rings. The van der Waals surface area contributed by atoms with Crippen molar-refractivity contribution in [2.45, 2.75) is 137 Å². The molecule has 4 aliphatic rings. The van der Waals surface area contributed by atoms with Gasteiger partial charge in [-0.05, 0) is 122 Å². The largest absolute Gasteiger partial charge is 0.414 e. The van der Waals surface area contributed by atoms with Crippen LogP contribution in [-0.4, -0.2) is 45.2 Å². The molecule has 0 amide bonds. The summed E-state index contributed by atoms with van der Waals surface area (Å²) in [5.74, 6) is 3.05. The van der Waals surface area contributed by atoms with Gasteiger partial charge in [0, 0.05) is 6.10 Å². The molecule has 0 aromatic carbocycles. The standard InChI is InChI=1S/C31H58O6SSi/c1-10-22-26-19-21(37-39(8,9)29(3,4)5)13-16-31(26,7)25-14-17-30(6)23(11-12-24(30)27(25)28(22)32)20(2)15-18-36-38(33,34)35/h20-28,32H,10-19H2,1-9H3,(H,33,34,35)/t20-,21-,22-,23-,24?,25?,26+,27?,28?,30-,31-/m1/s1. The fourth-order valence-corrected chi connectivity index (χ4v) is 11.9. The zero-order valence-electron chi connectivity index (χ0n) is 26.2. The summed E-state index contributed by atoms with van der Waals surface area (Å²) in [7, 11) is -6.24. The average Bonchev–Trinajstić information content (AvgIpc) is 3.15. The maximum absolute atomic E-state index is 12.1. The van der Waals surface area contributed by atoms with Crippen LogP contribution in [0.2, 0.25) is 18.1 Å². The van der Waals surface area contributed by atoms with Crippen LogP contribution in [0.3, 0.4) is 0 Å². The van der Waals surface area contributed by atoms with E-state index in [-0.39, 0.29) is 28.6 Å². The van der Waals surface area contributed by atoms with Crippen molar-refractivity contribution in [1.82, 2.24) is 0 Å². The number of fused-ring (bicyclic) bond motifs is 5. The SMILES string of the molecule is CC[C@H]1C(O)C2C3CC[C@H]([C@H](C)CCOS(=O)(=O)O)[C@@]3(C)CCC2[C@@]2(C)CC[C@@H](O[Si](C)(C)C(C)(C)C)C[C@@H]12. The smallest absolute Gasteiger partial charge is 0.397 e. The van der Waals surface area contributed by atoms with E-state index in [1.807, 2.05) is 0 Å². The Morgan fingerprint density at radius 3 is 2.21 bits per heavy atom. The van der Waals surface area contributed by atoms with Crippen LogP contribution in [0, 0.1) is 52.3 Å². The van der Waals surface area contributed by atoms with Gasteiger partial charge in [-0.15, -0.1) is 0 Å². The van der Waals surface area contributed by atoms with Crippen molar-refractivity contribution in [2.75, 3.05) is 6.61 Å². The number of aliphatic hydroxyl groups is 1. The predicted octanol–water partition coefficient (Wildman–Crippen LogP) is 7.49. The molecule has 8 heteroatoms. The molecule has 6 nitrogen and oxygen atoms in total. The number of hydrogen-bond donors (Lipinski definition) is 2. The summed E-state index contributed by atoms with van der Waals surface area (Å²) < 4.78 is 42.7. The van der Waals surface area contributed by atoms with Crippen molar-refractivity contribution in [3.63, 3.8) is 0 Å². The van der Waals surface area contributed by atoms with Crippen LogP contribution in [0.5, 0.6) is 0 Å². The second-order valence-corrected chi connectivity index (χ2v) is 21.8. The summed E-state index contributed by atoms with van der Waals surface area (Å²) in [4.78, 5) is 0. The molecule has 4 aliphatic carbocycles. The van der Waals surface area contributed by atoms with Crippen molar-refractivity contribution in [3.8, 4) is 0 Å². The topological polar surface area (TPSA) is 93.1 Å². The molecule has 0 aliphatic heterocycles. The Balaban J connectivity index is 1.53. The summed E-state index contributed by atoms with van der Waals surface area (Å²) in [5.41, 5.74) is 0.413. The van der Waals surface area contributed by atoms with E-state index in [9.17, 15) is 13.5 Å². The van der Waals surface area contributed by atoms with Crippen molar-refractivity contribution >= 4 is 18.7 Å². The molecule has 2 N–H and O–H groups in total. The van der Waals surface area contributed by atoms with Gasteiger partial charge >= 0.3 is 10.4 Å². The molecule has 0 spiro atoms. The third-order valence-electron chi connectivity index (χ3n) is 13.2. The summed E-state index contributed by atoms with van der Waals surface area (Å²) in [6.45, 7) is 21.3. The van der Waals surface area contributed by atoms with Gasteiger partial charge in [-0.3, -0.25) is 4.55 Å². The van der Waals surface area contributed by atoms with Gasteiger partial charge in [0.15, 0.2) is 8.32 Å². The summed E-state index contributed by atoms with van der Waals surface area (Å²) in [5, 5.41) is 12.3. The lowest BCUT2D eigenvalue weighted by Crippen LogP contribution is -2.62. The predicted molar refractivity (Wildman–Crippen MR) is 159 cm³/mol. The molecule has 39 heavy (non-hydrogen) atoms. The first-order chi connectivity index (χ1) is 17.9. The van der Waals surface area contributed by atoms with Crippen LogP contribution in [0.4, 0.5) is 0 Å². The maximum atomic E-state index is 12.1. The highest BCUT2D eigenvalue weighted by Gasteiger charge is 2.65. The van der Waals surface area contributed by atoms with Crippen molar-refractivity contribution < 1.29 is 26.7 Å². The van der Waals surface area contributed by atoms with Gasteiger partial charge in [0.1, 0.15) is 0 Å². The third kappa shape index (κ3) is 5.82. The van der Waals surface area contributed by atoms with Gasteiger partial charge in [-0.1, -0.05) is 54.9 Å². The van der Waals surface area contributed by atoms with Crippen LogP contribution >= 0.6 is 0 Å². The minimum Gasteiger partial charge on any atom is -0.414 e. The Kier molecular flexibility index (Phi) is 8.95. The van der Waals surface area contributed by atoms with Crippen LogP contribution < -0.4 is 0 Å². The van der Waals surface area contributed by atoms with Crippen LogP contribution in [0.25, 0.3) is 0 Å². The Labute approximate surface area is 240 Å². The summed E-state index contributed by atoms with van der Waals surface area (Å²) in [6.07, 6.45) is 9.78. The van der Waals surface area contributed by atoms with E-state index in [0.717, 1.165) is 32.1 Å². The zero-order valence-corrected chi connectivity index (χ0v) is 28.0. The highest BCUT2D eigenvalue weighted by molar-refractivity contribution is 7.80. The van der Waals surface area contributed by atoms with Crippen molar-refractivity contribution in [1.29, 1.82) is 0 Å². The van der Waals surface area contributed by atoms with Gasteiger partial charge in [-0.25, -0.2) is 4.18 Å². The van der Waals surface area contributed by atoms with Gasteiger partial charge < -0.3 is 9.53 Å². The Morgan fingerprint density at radius 1 is 1.00 bits per heavy atom. The van der Waals surface area contributed by atoms with Gasteiger partial charge in [0.05, 0.1) is 12.7 Å². The highest BCUT2D eigenvalue weighted by atomic mass is 32.3. The monoisotopic (exact) mass is 586 g/mol. The summed E-state index contributed by atoms with van der Waals surface area (Å²) >= 11 is 0. The quantitative estimate of drug-likeness (QED) is 0.226. The first kappa shape index (κ1) is 31.9. The minimum absolute atomic E-state index is 0.0295. The average molecular weight is 587 g/mol. The Bertz CT molecular complexity index is 978. The van der Waals surface area contributed by atoms with E-state index in [1.165, 1.54) is 19.3 Å². The molecule has 0 aromatic rings. The van der Waals surface area contributed by atoms with E-state index >= 15 is 0 Å². The molecule has 0 bridgehead atoms. The number of aliphatic hydroxyl groups excluding tert-OH is 1. The summed E-state index contributed by atoms with van der Waals surface area (Å²) in [6, 6.07) is 0. The second-order valence-electron chi connectivity index (χ2n) is 16.0. The zero-order chi connectivity index (χ0) is 29.2. The van der Waals surface area contributed by atoms with Crippen LogP contribution in [0.15, 0.2) is 0 Å². The van der Waals surface area contributed by atoms with Gasteiger partial charge in [0.25, 0.3) is 0 Å². The van der Waals surface area contributed by atoms with E-state index in [1.54, 1.807) is 0 Å². The fraction of sp³-hybridized carbons (Fsp3) is 1.00. The van der Waals surface area contributed by atoms with E-state index in [2.05, 4.69) is 65.7 Å². The second kappa shape index (κ2) is 10.9. The molecule has 228 valence electrons. The number of hydrogen-bond acceptors (Lipinski definition) is 5. The van der Waals surface area contributed by atoms with E-state index in [0.29, 0.717) is 54.0 Å². The van der Waals surface area contributed by atoms with Gasteiger partial charge in [0.2, 0.25) is 0 Å². The van der Waals surface area contributed by atoms with E-state index in [4.69, 9.17) is 8.98 Å². The molecule has 0 aromatic heterocycles. The first-order valence-corrected chi connectivity index (χ1v) is 20.1. The lowest BCUT2D eigenvalue weighted by molar-refractivity contribution is -0.202. The molecule has 4 saturated carbocycles. The minimum atomic E-state index is -4.39. The first-order valence-electron chi connectivity index (χ1n) is 15.8. The molecule has 0 heterocycles. The Morgan fingerprint density at radius 2 is 1.62 bits per heavy atom. The van der Waals surface area contributed by atoms with Crippen LogP contribution in [0.1, 0.15) is 106 Å².